The maximum atomic E-state index is 12.3. The number of carbonyl (C=O) groups is 1. The van der Waals surface area contributed by atoms with Crippen molar-refractivity contribution in [2.45, 2.75) is 25.8 Å². The first-order valence-corrected chi connectivity index (χ1v) is 8.75. The molecule has 27 heavy (non-hydrogen) atoms. The summed E-state index contributed by atoms with van der Waals surface area (Å²) in [5.74, 6) is -0.150. The highest BCUT2D eigenvalue weighted by atomic mass is 16.6. The highest BCUT2D eigenvalue weighted by Crippen LogP contribution is 2.36. The topological polar surface area (TPSA) is 92.5 Å². The smallest absolute Gasteiger partial charge is 0.269 e. The van der Waals surface area contributed by atoms with Crippen LogP contribution in [0.5, 0.6) is 5.75 Å². The number of non-ortho nitro benzene ring substituents is 1. The fraction of sp³-hybridized carbons (Fsp3) is 0.190. The van der Waals surface area contributed by atoms with Gasteiger partial charge in [-0.05, 0) is 28.8 Å². The van der Waals surface area contributed by atoms with Crippen LogP contribution in [0.25, 0.3) is 10.8 Å². The first kappa shape index (κ1) is 18.4. The van der Waals surface area contributed by atoms with E-state index in [-0.39, 0.29) is 17.3 Å². The van der Waals surface area contributed by atoms with E-state index in [1.807, 2.05) is 31.2 Å². The monoisotopic (exact) mass is 364 g/mol. The van der Waals surface area contributed by atoms with E-state index < -0.39 is 11.0 Å². The van der Waals surface area contributed by atoms with Crippen LogP contribution in [0.1, 0.15) is 36.9 Å². The average molecular weight is 364 g/mol. The number of rotatable bonds is 6. The van der Waals surface area contributed by atoms with Gasteiger partial charge in [0, 0.05) is 24.1 Å². The molecule has 1 amide bonds. The molecule has 3 aromatic carbocycles. The lowest BCUT2D eigenvalue weighted by molar-refractivity contribution is -0.384. The Balaban J connectivity index is 2.19. The van der Waals surface area contributed by atoms with E-state index in [0.29, 0.717) is 24.0 Å². The van der Waals surface area contributed by atoms with Gasteiger partial charge >= 0.3 is 0 Å². The lowest BCUT2D eigenvalue weighted by Gasteiger charge is -2.22. The van der Waals surface area contributed by atoms with Crippen LogP contribution >= 0.6 is 0 Å². The molecule has 3 aromatic rings. The average Bonchev–Trinajstić information content (AvgIpc) is 2.67. The molecule has 138 valence electrons. The Kier molecular flexibility index (Phi) is 5.35. The molecule has 0 fully saturated rings. The molecule has 6 heteroatoms. The zero-order chi connectivity index (χ0) is 19.4. The summed E-state index contributed by atoms with van der Waals surface area (Å²) < 4.78 is 0. The Morgan fingerprint density at radius 2 is 1.93 bits per heavy atom. The number of nitrogens with one attached hydrogen (secondary N) is 1. The lowest BCUT2D eigenvalue weighted by Crippen LogP contribution is -2.29. The Labute approximate surface area is 156 Å². The Morgan fingerprint density at radius 1 is 1.15 bits per heavy atom. The largest absolute Gasteiger partial charge is 0.508 e. The molecule has 0 bridgehead atoms. The molecule has 0 saturated carbocycles. The number of amides is 1. The third kappa shape index (κ3) is 3.89. The van der Waals surface area contributed by atoms with Gasteiger partial charge in [0.1, 0.15) is 5.75 Å². The van der Waals surface area contributed by atoms with Crippen LogP contribution in [-0.4, -0.2) is 15.9 Å². The van der Waals surface area contributed by atoms with Crippen molar-refractivity contribution in [1.82, 2.24) is 5.32 Å². The third-order valence-corrected chi connectivity index (χ3v) is 4.43. The maximum Gasteiger partial charge on any atom is 0.269 e. The van der Waals surface area contributed by atoms with Crippen molar-refractivity contribution in [3.05, 3.63) is 81.9 Å². The predicted octanol–water partition coefficient (Wildman–Crippen LogP) is 4.46. The van der Waals surface area contributed by atoms with Crippen LogP contribution < -0.4 is 5.32 Å². The van der Waals surface area contributed by atoms with Crippen LogP contribution in [0.4, 0.5) is 5.69 Å². The van der Waals surface area contributed by atoms with Crippen molar-refractivity contribution in [2.75, 3.05) is 0 Å². The number of aromatic hydroxyl groups is 1. The Bertz CT molecular complexity index is 1000. The summed E-state index contributed by atoms with van der Waals surface area (Å²) in [5, 5.41) is 26.4. The number of nitro benzene ring substituents is 1. The summed E-state index contributed by atoms with van der Waals surface area (Å²) in [6.07, 6.45) is 1.01. The minimum atomic E-state index is -0.699. The van der Waals surface area contributed by atoms with Gasteiger partial charge in [-0.1, -0.05) is 49.4 Å². The van der Waals surface area contributed by atoms with Gasteiger partial charge < -0.3 is 10.4 Å². The summed E-state index contributed by atoms with van der Waals surface area (Å²) in [7, 11) is 0. The van der Waals surface area contributed by atoms with E-state index >= 15 is 0 Å². The summed E-state index contributed by atoms with van der Waals surface area (Å²) in [6, 6.07) is 16.3. The highest BCUT2D eigenvalue weighted by molar-refractivity contribution is 5.89. The zero-order valence-electron chi connectivity index (χ0n) is 14.9. The standard InChI is InChI=1S/C21H20N2O4/c1-2-6-19(25)22-21(15-8-5-9-16(13-15)23(26)27)20-17-10-4-3-7-14(17)11-12-18(20)24/h3-5,7-13,21,24H,2,6H2,1H3,(H,22,25). The van der Waals surface area contributed by atoms with E-state index in [4.69, 9.17) is 0 Å². The summed E-state index contributed by atoms with van der Waals surface area (Å²) >= 11 is 0. The van der Waals surface area contributed by atoms with Gasteiger partial charge in [-0.3, -0.25) is 14.9 Å². The first-order chi connectivity index (χ1) is 13.0. The minimum Gasteiger partial charge on any atom is -0.508 e. The highest BCUT2D eigenvalue weighted by Gasteiger charge is 2.23. The lowest BCUT2D eigenvalue weighted by atomic mass is 9.92. The van der Waals surface area contributed by atoms with Gasteiger partial charge in [0.2, 0.25) is 5.91 Å². The number of benzene rings is 3. The maximum absolute atomic E-state index is 12.3. The van der Waals surface area contributed by atoms with E-state index in [1.165, 1.54) is 12.1 Å². The van der Waals surface area contributed by atoms with Crippen LogP contribution in [0.15, 0.2) is 60.7 Å². The van der Waals surface area contributed by atoms with Crippen LogP contribution in [0.2, 0.25) is 0 Å². The normalized spacial score (nSPS) is 11.9. The van der Waals surface area contributed by atoms with Gasteiger partial charge in [0.15, 0.2) is 0 Å². The SMILES string of the molecule is CCCC(=O)NC(c1cccc([N+](=O)[O-])c1)c1c(O)ccc2ccccc12. The number of phenols is 1. The first-order valence-electron chi connectivity index (χ1n) is 8.75. The molecule has 1 atom stereocenters. The van der Waals surface area contributed by atoms with E-state index in [1.54, 1.807) is 24.3 Å². The third-order valence-electron chi connectivity index (χ3n) is 4.43. The fourth-order valence-electron chi connectivity index (χ4n) is 3.19. The van der Waals surface area contributed by atoms with E-state index in [2.05, 4.69) is 5.32 Å². The number of fused-ring (bicyclic) bond motifs is 1. The molecule has 0 aliphatic heterocycles. The minimum absolute atomic E-state index is 0.0296. The molecule has 3 rings (SSSR count). The van der Waals surface area contributed by atoms with Crippen LogP contribution in [0.3, 0.4) is 0 Å². The number of nitrogens with zero attached hydrogens (tertiary/aromatic N) is 1. The zero-order valence-corrected chi connectivity index (χ0v) is 14.9. The molecule has 1 unspecified atom stereocenters. The van der Waals surface area contributed by atoms with Gasteiger partial charge in [-0.25, -0.2) is 0 Å². The van der Waals surface area contributed by atoms with Crippen molar-refractivity contribution in [1.29, 1.82) is 0 Å². The van der Waals surface area contributed by atoms with Gasteiger partial charge in [-0.15, -0.1) is 0 Å². The van der Waals surface area contributed by atoms with Crippen molar-refractivity contribution in [2.24, 2.45) is 0 Å². The molecule has 0 spiro atoms. The molecular formula is C21H20N2O4. The molecule has 0 aromatic heterocycles. The second kappa shape index (κ2) is 7.86. The summed E-state index contributed by atoms with van der Waals surface area (Å²) in [6.45, 7) is 1.90. The number of hydrogen-bond donors (Lipinski definition) is 2. The van der Waals surface area contributed by atoms with Crippen molar-refractivity contribution >= 4 is 22.4 Å². The predicted molar refractivity (Wildman–Crippen MR) is 104 cm³/mol. The van der Waals surface area contributed by atoms with Crippen molar-refractivity contribution in [3.63, 3.8) is 0 Å². The molecule has 6 nitrogen and oxygen atoms in total. The number of carbonyl (C=O) groups excluding carboxylic acids is 1. The van der Waals surface area contributed by atoms with Gasteiger partial charge in [0.25, 0.3) is 5.69 Å². The van der Waals surface area contributed by atoms with Gasteiger partial charge in [0.05, 0.1) is 11.0 Å². The van der Waals surface area contributed by atoms with Crippen molar-refractivity contribution in [3.8, 4) is 5.75 Å². The molecular weight excluding hydrogens is 344 g/mol. The molecule has 0 aliphatic carbocycles. The Morgan fingerprint density at radius 3 is 2.67 bits per heavy atom. The summed E-state index contributed by atoms with van der Waals surface area (Å²) in [4.78, 5) is 23.0. The van der Waals surface area contributed by atoms with Crippen molar-refractivity contribution < 1.29 is 14.8 Å². The van der Waals surface area contributed by atoms with Gasteiger partial charge in [-0.2, -0.15) is 0 Å². The molecule has 0 radical (unpaired) electrons. The Hall–Kier alpha value is -3.41. The molecule has 0 heterocycles. The van der Waals surface area contributed by atoms with E-state index in [0.717, 1.165) is 10.8 Å². The fourth-order valence-corrected chi connectivity index (χ4v) is 3.19. The second-order valence-corrected chi connectivity index (χ2v) is 6.32. The quantitative estimate of drug-likeness (QED) is 0.499. The molecule has 0 aliphatic rings. The van der Waals surface area contributed by atoms with Crippen LogP contribution in [-0.2, 0) is 4.79 Å². The number of hydrogen-bond acceptors (Lipinski definition) is 4. The second-order valence-electron chi connectivity index (χ2n) is 6.32. The summed E-state index contributed by atoms with van der Waals surface area (Å²) in [5.41, 5.74) is 1.00. The number of phenolic OH excluding ortho intramolecular Hbond substituents is 1. The van der Waals surface area contributed by atoms with E-state index in [9.17, 15) is 20.0 Å². The number of nitro groups is 1. The van der Waals surface area contributed by atoms with Crippen LogP contribution in [0, 0.1) is 10.1 Å². The molecule has 0 saturated heterocycles. The molecule has 2 N–H and O–H groups in total.